The lowest BCUT2D eigenvalue weighted by molar-refractivity contribution is -0.271. The molecule has 10 nitrogen and oxygen atoms in total. The number of aliphatic hydroxyl groups excluding tert-OH is 1. The summed E-state index contributed by atoms with van der Waals surface area (Å²) in [4.78, 5) is 30.4. The second-order valence-electron chi connectivity index (χ2n) is 12.9. The van der Waals surface area contributed by atoms with E-state index in [9.17, 15) is 14.7 Å². The van der Waals surface area contributed by atoms with Crippen molar-refractivity contribution < 1.29 is 33.6 Å². The molecule has 4 heterocycles. The number of carbonyl (C=O) groups excluding carboxylic acids is 2. The van der Waals surface area contributed by atoms with E-state index in [4.69, 9.17) is 30.5 Å². The van der Waals surface area contributed by atoms with Crippen LogP contribution in [0.5, 0.6) is 0 Å². The molecular formula is C41H36ClN3O7. The highest BCUT2D eigenvalue weighted by molar-refractivity contribution is 6.51. The molecular weight excluding hydrogens is 682 g/mol. The van der Waals surface area contributed by atoms with Gasteiger partial charge in [-0.25, -0.2) is 0 Å². The fourth-order valence-electron chi connectivity index (χ4n) is 7.30. The molecule has 52 heavy (non-hydrogen) atoms. The van der Waals surface area contributed by atoms with Crippen molar-refractivity contribution in [2.75, 3.05) is 13.7 Å². The van der Waals surface area contributed by atoms with Crippen LogP contribution in [0.15, 0.2) is 116 Å². The predicted octanol–water partition coefficient (Wildman–Crippen LogP) is 6.42. The minimum atomic E-state index is -1.25. The summed E-state index contributed by atoms with van der Waals surface area (Å²) in [5, 5.41) is 16.4. The Morgan fingerprint density at radius 1 is 0.788 bits per heavy atom. The zero-order valence-electron chi connectivity index (χ0n) is 28.2. The minimum absolute atomic E-state index is 0.133. The zero-order chi connectivity index (χ0) is 35.8. The van der Waals surface area contributed by atoms with E-state index >= 15 is 0 Å². The van der Waals surface area contributed by atoms with E-state index in [1.54, 1.807) is 36.2 Å². The van der Waals surface area contributed by atoms with Gasteiger partial charge >= 0.3 is 0 Å². The number of nitrogens with one attached hydrogen (secondary N) is 2. The number of hydrogen-bond donors (Lipinski definition) is 3. The van der Waals surface area contributed by atoms with Gasteiger partial charge in [-0.2, -0.15) is 0 Å². The van der Waals surface area contributed by atoms with Gasteiger partial charge in [-0.1, -0.05) is 103 Å². The van der Waals surface area contributed by atoms with Crippen LogP contribution in [0.2, 0.25) is 5.02 Å². The number of H-pyrrole nitrogens is 1. The SMILES string of the molecule is CO[C@H]1[C@H](OCc2ccccc2)[C@@H](O)[C@H](n2cc(C3=C(c4c[nH]c5ccccc45)C(=O)NC3=O)c3cccc(Cl)c32)O[C@@H]1COCc1ccccc1. The number of fused-ring (bicyclic) bond motifs is 2. The van der Waals surface area contributed by atoms with E-state index in [0.717, 1.165) is 22.0 Å². The highest BCUT2D eigenvalue weighted by Crippen LogP contribution is 2.43. The molecule has 0 saturated carbocycles. The number of imide groups is 1. The highest BCUT2D eigenvalue weighted by atomic mass is 35.5. The Labute approximate surface area is 304 Å². The van der Waals surface area contributed by atoms with E-state index in [1.165, 1.54) is 0 Å². The van der Waals surface area contributed by atoms with Crippen molar-refractivity contribution in [2.24, 2.45) is 0 Å². The van der Waals surface area contributed by atoms with E-state index in [-0.39, 0.29) is 24.4 Å². The maximum atomic E-state index is 13.7. The van der Waals surface area contributed by atoms with Crippen molar-refractivity contribution in [1.82, 2.24) is 14.9 Å². The van der Waals surface area contributed by atoms with Gasteiger partial charge in [0.2, 0.25) is 0 Å². The standard InChI is InChI=1S/C41H36ClN3O7/c1-49-37-32(23-50-21-24-11-4-2-5-12-24)52-41(36(46)38(37)51-22-25-13-6-3-7-14-25)45-20-29(27-16-10-17-30(42)35(27)45)34-33(39(47)44-40(34)48)28-19-43-31-18-9-8-15-26(28)31/h2-20,32,36-38,41,43,46H,21-23H2,1H3,(H,44,47,48)/t32-,36-,37-,38-,41-/m1/s1. The fraction of sp³-hybridized carbons (Fsp3) is 0.220. The molecule has 0 bridgehead atoms. The number of rotatable bonds is 11. The number of carbonyl (C=O) groups is 2. The largest absolute Gasteiger partial charge is 0.386 e. The van der Waals surface area contributed by atoms with Gasteiger partial charge in [0.15, 0.2) is 6.23 Å². The van der Waals surface area contributed by atoms with Crippen LogP contribution < -0.4 is 5.32 Å². The van der Waals surface area contributed by atoms with Gasteiger partial charge in [0.1, 0.15) is 24.4 Å². The first-order chi connectivity index (χ1) is 25.4. The normalized spacial score (nSPS) is 22.1. The van der Waals surface area contributed by atoms with Gasteiger partial charge in [-0.05, 0) is 23.3 Å². The van der Waals surface area contributed by atoms with Crippen molar-refractivity contribution in [3.8, 4) is 0 Å². The Balaban J connectivity index is 1.22. The molecule has 0 aliphatic carbocycles. The molecule has 6 aromatic rings. The Morgan fingerprint density at radius 2 is 1.44 bits per heavy atom. The van der Waals surface area contributed by atoms with Crippen LogP contribution in [0.3, 0.4) is 0 Å². The quantitative estimate of drug-likeness (QED) is 0.132. The summed E-state index contributed by atoms with van der Waals surface area (Å²) in [5.74, 6) is -1.04. The van der Waals surface area contributed by atoms with E-state index < -0.39 is 42.5 Å². The first kappa shape index (κ1) is 34.0. The number of ether oxygens (including phenoxy) is 4. The lowest BCUT2D eigenvalue weighted by Gasteiger charge is -2.44. The molecule has 2 aliphatic rings. The molecule has 5 atom stereocenters. The topological polar surface area (TPSA) is 124 Å². The molecule has 2 aliphatic heterocycles. The third-order valence-corrected chi connectivity index (χ3v) is 10.0. The first-order valence-corrected chi connectivity index (χ1v) is 17.4. The number of amides is 2. The monoisotopic (exact) mass is 717 g/mol. The predicted molar refractivity (Wildman–Crippen MR) is 197 cm³/mol. The first-order valence-electron chi connectivity index (χ1n) is 17.0. The third-order valence-electron chi connectivity index (χ3n) is 9.72. The molecule has 11 heteroatoms. The van der Waals surface area contributed by atoms with Crippen LogP contribution in [0.4, 0.5) is 0 Å². The van der Waals surface area contributed by atoms with E-state index in [2.05, 4.69) is 10.3 Å². The van der Waals surface area contributed by atoms with Crippen LogP contribution >= 0.6 is 11.6 Å². The molecule has 3 N–H and O–H groups in total. The summed E-state index contributed by atoms with van der Waals surface area (Å²) in [6.45, 7) is 0.693. The number of aromatic amines is 1. The fourth-order valence-corrected chi connectivity index (χ4v) is 7.57. The molecule has 264 valence electrons. The van der Waals surface area contributed by atoms with Crippen LogP contribution in [-0.4, -0.2) is 64.6 Å². The zero-order valence-corrected chi connectivity index (χ0v) is 29.0. The number of para-hydroxylation sites is 2. The van der Waals surface area contributed by atoms with Crippen LogP contribution in [0, 0.1) is 0 Å². The molecule has 0 radical (unpaired) electrons. The number of hydrogen-bond acceptors (Lipinski definition) is 7. The van der Waals surface area contributed by atoms with Gasteiger partial charge in [0.25, 0.3) is 11.8 Å². The number of halogens is 1. The van der Waals surface area contributed by atoms with Gasteiger partial charge in [0.05, 0.1) is 41.5 Å². The summed E-state index contributed by atoms with van der Waals surface area (Å²) in [7, 11) is 1.55. The molecule has 2 aromatic heterocycles. The summed E-state index contributed by atoms with van der Waals surface area (Å²) < 4.78 is 27.0. The lowest BCUT2D eigenvalue weighted by Crippen LogP contribution is -2.58. The number of benzene rings is 4. The number of nitrogens with zero attached hydrogens (tertiary/aromatic N) is 1. The van der Waals surface area contributed by atoms with Gasteiger partial charge < -0.3 is 33.6 Å². The molecule has 4 aromatic carbocycles. The number of methoxy groups -OCH3 is 1. The maximum absolute atomic E-state index is 13.7. The van der Waals surface area contributed by atoms with Gasteiger partial charge in [-0.3, -0.25) is 14.9 Å². The summed E-state index contributed by atoms with van der Waals surface area (Å²) in [5.41, 5.74) is 4.76. The van der Waals surface area contributed by atoms with Gasteiger partial charge in [0, 0.05) is 46.9 Å². The summed E-state index contributed by atoms with van der Waals surface area (Å²) >= 11 is 6.92. The molecule has 1 saturated heterocycles. The van der Waals surface area contributed by atoms with Crippen LogP contribution in [0.1, 0.15) is 28.5 Å². The number of aliphatic hydroxyl groups is 1. The molecule has 8 rings (SSSR count). The number of aromatic nitrogens is 2. The Bertz CT molecular complexity index is 2280. The van der Waals surface area contributed by atoms with Crippen LogP contribution in [-0.2, 0) is 41.8 Å². The van der Waals surface area contributed by atoms with Crippen molar-refractivity contribution in [2.45, 2.75) is 43.9 Å². The van der Waals surface area contributed by atoms with Crippen molar-refractivity contribution >= 4 is 56.4 Å². The third kappa shape index (κ3) is 6.23. The Hall–Kier alpha value is -5.07. The van der Waals surface area contributed by atoms with Gasteiger partial charge in [-0.15, -0.1) is 0 Å². The average Bonchev–Trinajstić information content (AvgIpc) is 3.85. The maximum Gasteiger partial charge on any atom is 0.259 e. The molecule has 1 fully saturated rings. The summed E-state index contributed by atoms with van der Waals surface area (Å²) in [6.07, 6.45) is -1.07. The highest BCUT2D eigenvalue weighted by Gasteiger charge is 2.48. The second kappa shape index (κ2) is 14.5. The Morgan fingerprint density at radius 3 is 2.17 bits per heavy atom. The van der Waals surface area contributed by atoms with Crippen molar-refractivity contribution in [3.63, 3.8) is 0 Å². The summed E-state index contributed by atoms with van der Waals surface area (Å²) in [6, 6.07) is 32.4. The van der Waals surface area contributed by atoms with Crippen molar-refractivity contribution in [3.05, 3.63) is 143 Å². The Kier molecular flexibility index (Phi) is 9.50. The molecule has 0 unspecified atom stereocenters. The van der Waals surface area contributed by atoms with E-state index in [1.807, 2.05) is 91.0 Å². The molecule has 0 spiro atoms. The minimum Gasteiger partial charge on any atom is -0.386 e. The molecule has 2 amide bonds. The second-order valence-corrected chi connectivity index (χ2v) is 13.3. The average molecular weight is 718 g/mol. The van der Waals surface area contributed by atoms with Crippen LogP contribution in [0.25, 0.3) is 33.0 Å². The van der Waals surface area contributed by atoms with Crippen molar-refractivity contribution in [1.29, 1.82) is 0 Å². The smallest absolute Gasteiger partial charge is 0.259 e. The lowest BCUT2D eigenvalue weighted by atomic mass is 9.95. The van der Waals surface area contributed by atoms with E-state index in [0.29, 0.717) is 33.7 Å².